The monoisotopic (exact) mass is 234 g/mol. The molecule has 0 radical (unpaired) electrons. The van der Waals surface area contributed by atoms with Crippen LogP contribution in [0.1, 0.15) is 55.4 Å². The van der Waals surface area contributed by atoms with E-state index < -0.39 is 0 Å². The fourth-order valence-electron chi connectivity index (χ4n) is 2.24. The summed E-state index contributed by atoms with van der Waals surface area (Å²) < 4.78 is 0. The zero-order valence-electron chi connectivity index (χ0n) is 13.2. The highest BCUT2D eigenvalue weighted by Crippen LogP contribution is 2.30. The summed E-state index contributed by atoms with van der Waals surface area (Å²) in [6.45, 7) is 18.2. The van der Waals surface area contributed by atoms with Gasteiger partial charge in [0.25, 0.3) is 0 Å². The van der Waals surface area contributed by atoms with E-state index in [0.29, 0.717) is 11.6 Å². The van der Waals surface area contributed by atoms with E-state index >= 15 is 0 Å². The summed E-state index contributed by atoms with van der Waals surface area (Å²) in [6.07, 6.45) is 4.91. The average molecular weight is 234 g/mol. The highest BCUT2D eigenvalue weighted by Gasteiger charge is 2.20. The molecule has 0 nitrogen and oxygen atoms in total. The van der Waals surface area contributed by atoms with Gasteiger partial charge in [0.15, 0.2) is 0 Å². The lowest BCUT2D eigenvalue weighted by Crippen LogP contribution is -2.17. The SMILES string of the molecule is CC(C)=CC(BC(C=C(C)C)C(C)C)C(C)C. The van der Waals surface area contributed by atoms with Gasteiger partial charge in [-0.3, -0.25) is 0 Å². The molecule has 0 amide bonds. The van der Waals surface area contributed by atoms with E-state index in [1.807, 2.05) is 0 Å². The van der Waals surface area contributed by atoms with Crippen molar-refractivity contribution in [3.05, 3.63) is 23.3 Å². The molecule has 0 spiro atoms. The summed E-state index contributed by atoms with van der Waals surface area (Å²) in [5.74, 6) is 2.89. The van der Waals surface area contributed by atoms with E-state index in [2.05, 4.69) is 67.5 Å². The predicted molar refractivity (Wildman–Crippen MR) is 83.2 cm³/mol. The van der Waals surface area contributed by atoms with Gasteiger partial charge in [0.2, 0.25) is 0 Å². The van der Waals surface area contributed by atoms with Crippen molar-refractivity contribution in [1.82, 2.24) is 0 Å². The van der Waals surface area contributed by atoms with Crippen molar-refractivity contribution >= 4 is 7.28 Å². The van der Waals surface area contributed by atoms with Crippen molar-refractivity contribution < 1.29 is 0 Å². The van der Waals surface area contributed by atoms with Crippen molar-refractivity contribution in [3.8, 4) is 0 Å². The summed E-state index contributed by atoms with van der Waals surface area (Å²) in [6, 6.07) is 0. The van der Waals surface area contributed by atoms with Crippen LogP contribution in [0.4, 0.5) is 0 Å². The minimum absolute atomic E-state index is 0.711. The van der Waals surface area contributed by atoms with Crippen molar-refractivity contribution in [2.45, 2.75) is 67.0 Å². The second-order valence-corrected chi connectivity index (χ2v) is 6.54. The minimum atomic E-state index is 0.711. The van der Waals surface area contributed by atoms with E-state index in [0.717, 1.165) is 11.8 Å². The second kappa shape index (κ2) is 7.79. The molecule has 1 heteroatoms. The predicted octanol–water partition coefficient (Wildman–Crippen LogP) is 5.24. The topological polar surface area (TPSA) is 0 Å². The smallest absolute Gasteiger partial charge is 0.0901 e. The molecule has 0 aromatic heterocycles. The van der Waals surface area contributed by atoms with Gasteiger partial charge in [-0.1, -0.05) is 51.0 Å². The third-order valence-corrected chi connectivity index (χ3v) is 3.35. The van der Waals surface area contributed by atoms with Gasteiger partial charge < -0.3 is 0 Å². The van der Waals surface area contributed by atoms with Crippen LogP contribution in [0.15, 0.2) is 23.3 Å². The van der Waals surface area contributed by atoms with Crippen molar-refractivity contribution in [2.24, 2.45) is 11.8 Å². The van der Waals surface area contributed by atoms with Gasteiger partial charge in [-0.2, -0.15) is 0 Å². The van der Waals surface area contributed by atoms with Gasteiger partial charge in [-0.25, -0.2) is 0 Å². The zero-order chi connectivity index (χ0) is 13.6. The molecule has 2 atom stereocenters. The van der Waals surface area contributed by atoms with E-state index in [4.69, 9.17) is 0 Å². The fourth-order valence-corrected chi connectivity index (χ4v) is 2.24. The largest absolute Gasteiger partial charge is 0.137 e. The summed E-state index contributed by atoms with van der Waals surface area (Å²) in [7, 11) is 1.28. The molecular weight excluding hydrogens is 203 g/mol. The molecule has 17 heavy (non-hydrogen) atoms. The molecule has 98 valence electrons. The normalized spacial score (nSPS) is 14.5. The number of rotatable bonds is 6. The maximum Gasteiger partial charge on any atom is 0.137 e. The van der Waals surface area contributed by atoms with Crippen LogP contribution in [0, 0.1) is 11.8 Å². The first-order chi connectivity index (χ1) is 7.73. The highest BCUT2D eigenvalue weighted by molar-refractivity contribution is 6.41. The Morgan fingerprint density at radius 2 is 1.00 bits per heavy atom. The average Bonchev–Trinajstić information content (AvgIpc) is 2.13. The van der Waals surface area contributed by atoms with Crippen LogP contribution in [0.25, 0.3) is 0 Å². The first-order valence-electron chi connectivity index (χ1n) is 7.04. The maximum atomic E-state index is 2.46. The molecule has 0 aliphatic rings. The number of allylic oxidation sites excluding steroid dienone is 4. The van der Waals surface area contributed by atoms with Gasteiger partial charge in [0.1, 0.15) is 7.28 Å². The van der Waals surface area contributed by atoms with Crippen LogP contribution in [0.5, 0.6) is 0 Å². The molecule has 0 aliphatic heterocycles. The van der Waals surface area contributed by atoms with Gasteiger partial charge >= 0.3 is 0 Å². The van der Waals surface area contributed by atoms with E-state index in [9.17, 15) is 0 Å². The Hall–Kier alpha value is -0.455. The molecule has 0 saturated carbocycles. The molecule has 2 unspecified atom stereocenters. The lowest BCUT2D eigenvalue weighted by atomic mass is 9.48. The molecule has 0 saturated heterocycles. The van der Waals surface area contributed by atoms with Crippen LogP contribution in [-0.4, -0.2) is 7.28 Å². The fraction of sp³-hybridized carbons (Fsp3) is 0.750. The molecule has 0 aromatic carbocycles. The lowest BCUT2D eigenvalue weighted by molar-refractivity contribution is 0.614. The molecule has 0 aromatic rings. The first kappa shape index (κ1) is 16.5. The van der Waals surface area contributed by atoms with E-state index in [-0.39, 0.29) is 0 Å². The Balaban J connectivity index is 4.81. The van der Waals surface area contributed by atoms with E-state index in [1.54, 1.807) is 0 Å². The third kappa shape index (κ3) is 7.47. The van der Waals surface area contributed by atoms with Crippen molar-refractivity contribution in [2.75, 3.05) is 0 Å². The van der Waals surface area contributed by atoms with Gasteiger partial charge in [0, 0.05) is 0 Å². The van der Waals surface area contributed by atoms with Crippen LogP contribution in [0.2, 0.25) is 11.6 Å². The van der Waals surface area contributed by atoms with Crippen molar-refractivity contribution in [3.63, 3.8) is 0 Å². The van der Waals surface area contributed by atoms with Crippen LogP contribution in [0.3, 0.4) is 0 Å². The maximum absolute atomic E-state index is 2.46. The molecule has 0 heterocycles. The highest BCUT2D eigenvalue weighted by atomic mass is 14.1. The summed E-state index contributed by atoms with van der Waals surface area (Å²) in [5.41, 5.74) is 2.90. The van der Waals surface area contributed by atoms with Crippen molar-refractivity contribution in [1.29, 1.82) is 0 Å². The summed E-state index contributed by atoms with van der Waals surface area (Å²) in [5, 5.41) is 0. The molecule has 0 aliphatic carbocycles. The third-order valence-electron chi connectivity index (χ3n) is 3.35. The Morgan fingerprint density at radius 1 is 0.706 bits per heavy atom. The Morgan fingerprint density at radius 3 is 1.18 bits per heavy atom. The number of hydrogen-bond donors (Lipinski definition) is 0. The van der Waals surface area contributed by atoms with Gasteiger partial charge in [-0.15, -0.1) is 0 Å². The van der Waals surface area contributed by atoms with Crippen LogP contribution >= 0.6 is 0 Å². The quantitative estimate of drug-likeness (QED) is 0.435. The standard InChI is InChI=1S/C16H31B/c1-11(2)9-15(13(5)6)17-16(14(7)8)10-12(3)4/h9-10,13-17H,1-8H3. The lowest BCUT2D eigenvalue weighted by Gasteiger charge is -2.24. The zero-order valence-corrected chi connectivity index (χ0v) is 13.2. The Bertz CT molecular complexity index is 235. The summed E-state index contributed by atoms with van der Waals surface area (Å²) >= 11 is 0. The minimum Gasteiger partial charge on any atom is -0.0901 e. The second-order valence-electron chi connectivity index (χ2n) is 6.54. The number of hydrogen-bond acceptors (Lipinski definition) is 0. The summed E-state index contributed by atoms with van der Waals surface area (Å²) in [4.78, 5) is 0. The van der Waals surface area contributed by atoms with Gasteiger partial charge in [-0.05, 0) is 51.2 Å². The molecular formula is C16H31B. The first-order valence-corrected chi connectivity index (χ1v) is 7.04. The Labute approximate surface area is 110 Å². The van der Waals surface area contributed by atoms with E-state index in [1.165, 1.54) is 18.4 Å². The molecule has 0 bridgehead atoms. The van der Waals surface area contributed by atoms with Crippen LogP contribution in [-0.2, 0) is 0 Å². The Kier molecular flexibility index (Phi) is 7.58. The molecule has 0 rings (SSSR count). The molecule has 0 fully saturated rings. The van der Waals surface area contributed by atoms with Gasteiger partial charge in [0.05, 0.1) is 0 Å². The molecule has 0 N–H and O–H groups in total. The van der Waals surface area contributed by atoms with Crippen LogP contribution < -0.4 is 0 Å².